The molecule has 1 aromatic carbocycles. The summed E-state index contributed by atoms with van der Waals surface area (Å²) < 4.78 is 46.8. The highest BCUT2D eigenvalue weighted by Crippen LogP contribution is 2.33. The van der Waals surface area contributed by atoms with Gasteiger partial charge in [-0.25, -0.2) is 17.2 Å². The Morgan fingerprint density at radius 2 is 1.71 bits per heavy atom. The molecule has 0 heterocycles. The number of hydrogen-bond donors (Lipinski definition) is 0. The second-order valence-corrected chi connectivity index (χ2v) is 6.42. The van der Waals surface area contributed by atoms with Crippen molar-refractivity contribution in [1.29, 1.82) is 0 Å². The van der Waals surface area contributed by atoms with Crippen molar-refractivity contribution < 1.29 is 17.2 Å². The smallest absolute Gasteiger partial charge is 0.207 e. The maximum atomic E-state index is 13.0. The molecule has 0 atom stereocenters. The van der Waals surface area contributed by atoms with Gasteiger partial charge in [-0.05, 0) is 37.9 Å². The van der Waals surface area contributed by atoms with E-state index in [1.807, 2.05) is 0 Å². The Morgan fingerprint density at radius 3 is 2.14 bits per heavy atom. The van der Waals surface area contributed by atoms with Crippen LogP contribution in [0.5, 0.6) is 0 Å². The average Bonchev–Trinajstić information content (AvgIpc) is 2.06. The van der Waals surface area contributed by atoms with Crippen LogP contribution in [0.25, 0.3) is 0 Å². The Morgan fingerprint density at radius 1 is 1.21 bits per heavy atom. The lowest BCUT2D eigenvalue weighted by atomic mass is 10.3. The Labute approximate surface area is 99.9 Å². The molecule has 0 aliphatic rings. The minimum atomic E-state index is -4.11. The molecule has 78 valence electrons. The monoisotopic (exact) mass is 368 g/mol. The SMILES string of the molecule is O=S(=O)(Cl)c1cc(Br)c(F)c(F)c1Br. The second kappa shape index (κ2) is 4.03. The maximum Gasteiger partial charge on any atom is 0.262 e. The van der Waals surface area contributed by atoms with E-state index in [-0.39, 0.29) is 4.47 Å². The molecule has 1 rings (SSSR count). The summed E-state index contributed by atoms with van der Waals surface area (Å²) in [7, 11) is 0.886. The molecule has 2 nitrogen and oxygen atoms in total. The highest BCUT2D eigenvalue weighted by Gasteiger charge is 2.22. The third-order valence-corrected chi connectivity index (χ3v) is 4.29. The molecule has 0 aliphatic carbocycles. The van der Waals surface area contributed by atoms with Crippen LogP contribution >= 0.6 is 42.5 Å². The van der Waals surface area contributed by atoms with E-state index >= 15 is 0 Å². The predicted octanol–water partition coefficient (Wildman–Crippen LogP) is 3.42. The highest BCUT2D eigenvalue weighted by atomic mass is 79.9. The predicted molar refractivity (Wildman–Crippen MR) is 54.8 cm³/mol. The van der Waals surface area contributed by atoms with Crippen LogP contribution in [-0.4, -0.2) is 8.42 Å². The first-order valence-corrected chi connectivity index (χ1v) is 6.92. The topological polar surface area (TPSA) is 34.1 Å². The van der Waals surface area contributed by atoms with E-state index in [1.54, 1.807) is 0 Å². The van der Waals surface area contributed by atoms with Crippen LogP contribution in [0, 0.1) is 11.6 Å². The zero-order chi connectivity index (χ0) is 11.1. The largest absolute Gasteiger partial charge is 0.262 e. The van der Waals surface area contributed by atoms with Gasteiger partial charge in [-0.2, -0.15) is 0 Å². The van der Waals surface area contributed by atoms with Gasteiger partial charge in [0.15, 0.2) is 11.6 Å². The summed E-state index contributed by atoms with van der Waals surface area (Å²) >= 11 is 5.27. The van der Waals surface area contributed by atoms with Crippen LogP contribution in [0.2, 0.25) is 0 Å². The van der Waals surface area contributed by atoms with E-state index in [9.17, 15) is 17.2 Å². The Hall–Kier alpha value is 0.280. The maximum absolute atomic E-state index is 13.0. The Bertz CT molecular complexity index is 489. The highest BCUT2D eigenvalue weighted by molar-refractivity contribution is 9.11. The molecule has 0 bridgehead atoms. The Balaban J connectivity index is 3.66. The van der Waals surface area contributed by atoms with Crippen molar-refractivity contribution in [3.8, 4) is 0 Å². The molecule has 0 saturated carbocycles. The summed E-state index contributed by atoms with van der Waals surface area (Å²) in [6.07, 6.45) is 0. The number of rotatable bonds is 1. The fourth-order valence-electron chi connectivity index (χ4n) is 0.729. The van der Waals surface area contributed by atoms with Crippen LogP contribution in [-0.2, 0) is 9.05 Å². The first kappa shape index (κ1) is 12.4. The standard InChI is InChI=1S/C6HBr2ClF2O2S/c7-2-1-3(14(9,12)13)4(8)6(11)5(2)10/h1H. The van der Waals surface area contributed by atoms with Crippen molar-refractivity contribution in [2.45, 2.75) is 4.90 Å². The molecule has 0 unspecified atom stereocenters. The van der Waals surface area contributed by atoms with Crippen LogP contribution in [0.3, 0.4) is 0 Å². The van der Waals surface area contributed by atoms with E-state index in [2.05, 4.69) is 31.9 Å². The summed E-state index contributed by atoms with van der Waals surface area (Å²) in [5, 5.41) is 0. The molecular weight excluding hydrogens is 369 g/mol. The molecule has 0 N–H and O–H groups in total. The molecule has 0 fully saturated rings. The number of hydrogen-bond acceptors (Lipinski definition) is 2. The molecule has 0 spiro atoms. The molecule has 0 aromatic heterocycles. The third-order valence-electron chi connectivity index (χ3n) is 1.33. The van der Waals surface area contributed by atoms with E-state index < -0.39 is 30.1 Å². The van der Waals surface area contributed by atoms with Crippen molar-refractivity contribution >= 4 is 51.6 Å². The van der Waals surface area contributed by atoms with Gasteiger partial charge >= 0.3 is 0 Å². The van der Waals surface area contributed by atoms with Gasteiger partial charge in [-0.15, -0.1) is 0 Å². The minimum absolute atomic E-state index is 0.308. The van der Waals surface area contributed by atoms with Crippen molar-refractivity contribution in [2.24, 2.45) is 0 Å². The van der Waals surface area contributed by atoms with Gasteiger partial charge in [0.05, 0.1) is 8.95 Å². The lowest BCUT2D eigenvalue weighted by Crippen LogP contribution is -1.98. The minimum Gasteiger partial charge on any atom is -0.207 e. The van der Waals surface area contributed by atoms with Crippen LogP contribution in [0.4, 0.5) is 8.78 Å². The zero-order valence-corrected chi connectivity index (χ0v) is 10.9. The lowest BCUT2D eigenvalue weighted by Gasteiger charge is -2.04. The van der Waals surface area contributed by atoms with Crippen LogP contribution in [0.15, 0.2) is 19.9 Å². The van der Waals surface area contributed by atoms with Gasteiger partial charge in [-0.3, -0.25) is 0 Å². The van der Waals surface area contributed by atoms with Gasteiger partial charge in [0.2, 0.25) is 0 Å². The first-order valence-electron chi connectivity index (χ1n) is 3.03. The quantitative estimate of drug-likeness (QED) is 0.431. The molecule has 0 amide bonds. The van der Waals surface area contributed by atoms with E-state index in [1.165, 1.54) is 0 Å². The van der Waals surface area contributed by atoms with Crippen LogP contribution in [0.1, 0.15) is 0 Å². The molecule has 8 heteroatoms. The third kappa shape index (κ3) is 2.26. The summed E-state index contributed by atoms with van der Waals surface area (Å²) in [6, 6.07) is 0.880. The summed E-state index contributed by atoms with van der Waals surface area (Å²) in [5.41, 5.74) is 0. The van der Waals surface area contributed by atoms with Gasteiger partial charge in [0.25, 0.3) is 9.05 Å². The molecule has 0 aliphatic heterocycles. The molecule has 0 saturated heterocycles. The van der Waals surface area contributed by atoms with Gasteiger partial charge in [0.1, 0.15) is 4.90 Å². The Kier molecular flexibility index (Phi) is 3.56. The summed E-state index contributed by atoms with van der Waals surface area (Å²) in [6.45, 7) is 0. The summed E-state index contributed by atoms with van der Waals surface area (Å²) in [5.74, 6) is -2.49. The van der Waals surface area contributed by atoms with Crippen molar-refractivity contribution in [3.63, 3.8) is 0 Å². The van der Waals surface area contributed by atoms with Crippen molar-refractivity contribution in [1.82, 2.24) is 0 Å². The van der Waals surface area contributed by atoms with E-state index in [0.717, 1.165) is 6.07 Å². The number of benzene rings is 1. The second-order valence-electron chi connectivity index (χ2n) is 2.24. The van der Waals surface area contributed by atoms with Gasteiger partial charge in [0, 0.05) is 10.7 Å². The number of halogens is 5. The fourth-order valence-corrected chi connectivity index (χ4v) is 3.42. The normalized spacial score (nSPS) is 11.8. The molecule has 14 heavy (non-hydrogen) atoms. The van der Waals surface area contributed by atoms with Crippen molar-refractivity contribution in [2.75, 3.05) is 0 Å². The molecular formula is C6HBr2ClF2O2S. The summed E-state index contributed by atoms with van der Waals surface area (Å²) in [4.78, 5) is -0.523. The van der Waals surface area contributed by atoms with Gasteiger partial charge in [-0.1, -0.05) is 0 Å². The fraction of sp³-hybridized carbons (Fsp3) is 0. The average molecular weight is 370 g/mol. The molecule has 0 radical (unpaired) electrons. The van der Waals surface area contributed by atoms with E-state index in [0.29, 0.717) is 0 Å². The van der Waals surface area contributed by atoms with E-state index in [4.69, 9.17) is 10.7 Å². The van der Waals surface area contributed by atoms with Gasteiger partial charge < -0.3 is 0 Å². The van der Waals surface area contributed by atoms with Crippen LogP contribution < -0.4 is 0 Å². The molecule has 1 aromatic rings. The lowest BCUT2D eigenvalue weighted by molar-refractivity contribution is 0.495. The zero-order valence-electron chi connectivity index (χ0n) is 6.19. The van der Waals surface area contributed by atoms with Crippen molar-refractivity contribution in [3.05, 3.63) is 26.6 Å². The first-order chi connectivity index (χ1) is 6.25.